The molecule has 2 aliphatic carbocycles. The summed E-state index contributed by atoms with van der Waals surface area (Å²) in [5.41, 5.74) is 2.74. The van der Waals surface area contributed by atoms with Gasteiger partial charge in [0.05, 0.1) is 11.4 Å². The predicted molar refractivity (Wildman–Crippen MR) is 132 cm³/mol. The SMILES string of the molecule is Cc1c(Cl)cccc1-n1c(SCC(=O)NC(C)C2CC3CCC2C3)nnc1-c1ccncc1. The lowest BCUT2D eigenvalue weighted by Crippen LogP contribution is -2.40. The predicted octanol–water partition coefficient (Wildman–Crippen LogP) is 5.32. The van der Waals surface area contributed by atoms with Crippen LogP contribution in [0, 0.1) is 24.7 Å². The number of thioether (sulfide) groups is 1. The van der Waals surface area contributed by atoms with Gasteiger partial charge >= 0.3 is 0 Å². The van der Waals surface area contributed by atoms with E-state index in [-0.39, 0.29) is 11.9 Å². The third kappa shape index (κ3) is 4.53. The minimum absolute atomic E-state index is 0.0399. The smallest absolute Gasteiger partial charge is 0.230 e. The van der Waals surface area contributed by atoms with Crippen LogP contribution in [0.25, 0.3) is 17.1 Å². The standard InChI is InChI=1S/C25H28ClN5OS/c1-15-21(26)4-3-5-22(15)31-24(18-8-10-27-11-9-18)29-30-25(31)33-14-23(32)28-16(2)20-13-17-6-7-19(20)12-17/h3-5,8-11,16-17,19-20H,6-7,12-14H2,1-2H3,(H,28,32). The molecule has 2 saturated carbocycles. The van der Waals surface area contributed by atoms with Crippen LogP contribution in [0.3, 0.4) is 0 Å². The maximum atomic E-state index is 12.8. The molecule has 1 N–H and O–H groups in total. The Kier molecular flexibility index (Phi) is 6.43. The van der Waals surface area contributed by atoms with Gasteiger partial charge in [0, 0.05) is 29.0 Å². The van der Waals surface area contributed by atoms with Crippen molar-refractivity contribution in [2.45, 2.75) is 50.7 Å². The normalized spacial score (nSPS) is 22.5. The Labute approximate surface area is 203 Å². The lowest BCUT2D eigenvalue weighted by atomic mass is 9.84. The molecule has 0 aliphatic heterocycles. The quantitative estimate of drug-likeness (QED) is 0.462. The zero-order chi connectivity index (χ0) is 22.9. The fourth-order valence-corrected chi connectivity index (χ4v) is 6.47. The van der Waals surface area contributed by atoms with E-state index in [0.29, 0.717) is 27.7 Å². The molecule has 2 bridgehead atoms. The fraction of sp³-hybridized carbons (Fsp3) is 0.440. The Bertz CT molecular complexity index is 1150. The number of pyridine rings is 1. The minimum Gasteiger partial charge on any atom is -0.353 e. The molecule has 3 aromatic rings. The summed E-state index contributed by atoms with van der Waals surface area (Å²) < 4.78 is 1.98. The number of hydrogen-bond donors (Lipinski definition) is 1. The van der Waals surface area contributed by atoms with Gasteiger partial charge in [0.25, 0.3) is 0 Å². The molecule has 0 spiro atoms. The minimum atomic E-state index is 0.0399. The second kappa shape index (κ2) is 9.47. The van der Waals surface area contributed by atoms with Crippen LogP contribution in [-0.4, -0.2) is 37.5 Å². The first kappa shape index (κ1) is 22.4. The Hall–Kier alpha value is -2.38. The molecule has 6 nitrogen and oxygen atoms in total. The Morgan fingerprint density at radius 1 is 1.21 bits per heavy atom. The number of hydrogen-bond acceptors (Lipinski definition) is 5. The van der Waals surface area contributed by atoms with Crippen molar-refractivity contribution in [1.29, 1.82) is 0 Å². The van der Waals surface area contributed by atoms with Crippen LogP contribution in [0.1, 0.15) is 38.2 Å². The molecule has 8 heteroatoms. The second-order valence-electron chi connectivity index (χ2n) is 9.25. The van der Waals surface area contributed by atoms with Crippen molar-refractivity contribution in [3.63, 3.8) is 0 Å². The Balaban J connectivity index is 1.35. The van der Waals surface area contributed by atoms with Crippen LogP contribution in [0.15, 0.2) is 47.9 Å². The van der Waals surface area contributed by atoms with Crippen molar-refractivity contribution in [3.05, 3.63) is 53.3 Å². The zero-order valence-corrected chi connectivity index (χ0v) is 20.4. The molecular formula is C25H28ClN5OS. The van der Waals surface area contributed by atoms with E-state index in [1.807, 2.05) is 41.8 Å². The monoisotopic (exact) mass is 481 g/mol. The van der Waals surface area contributed by atoms with Gasteiger partial charge in [0.1, 0.15) is 0 Å². The van der Waals surface area contributed by atoms with E-state index >= 15 is 0 Å². The fourth-order valence-electron chi connectivity index (χ4n) is 5.55. The molecule has 4 unspecified atom stereocenters. The summed E-state index contributed by atoms with van der Waals surface area (Å²) in [5, 5.41) is 13.5. The number of carbonyl (C=O) groups is 1. The van der Waals surface area contributed by atoms with Crippen LogP contribution in [0.4, 0.5) is 0 Å². The van der Waals surface area contributed by atoms with Gasteiger partial charge in [-0.3, -0.25) is 14.3 Å². The molecule has 2 heterocycles. The lowest BCUT2D eigenvalue weighted by Gasteiger charge is -2.28. The average molecular weight is 482 g/mol. The highest BCUT2D eigenvalue weighted by Crippen LogP contribution is 2.49. The van der Waals surface area contributed by atoms with E-state index in [9.17, 15) is 4.79 Å². The third-order valence-electron chi connectivity index (χ3n) is 7.21. The van der Waals surface area contributed by atoms with Gasteiger partial charge in [0.15, 0.2) is 11.0 Å². The average Bonchev–Trinajstić information content (AvgIpc) is 3.56. The summed E-state index contributed by atoms with van der Waals surface area (Å²) in [7, 11) is 0. The Morgan fingerprint density at radius 2 is 2.03 bits per heavy atom. The van der Waals surface area contributed by atoms with E-state index in [2.05, 4.69) is 27.4 Å². The molecule has 0 saturated heterocycles. The number of rotatable bonds is 7. The molecule has 172 valence electrons. The molecule has 2 aliphatic rings. The number of fused-ring (bicyclic) bond motifs is 2. The first-order valence-corrected chi connectivity index (χ1v) is 12.9. The van der Waals surface area contributed by atoms with Crippen molar-refractivity contribution in [2.75, 3.05) is 5.75 Å². The summed E-state index contributed by atoms with van der Waals surface area (Å²) in [5.74, 6) is 3.31. The van der Waals surface area contributed by atoms with Crippen LogP contribution < -0.4 is 5.32 Å². The second-order valence-corrected chi connectivity index (χ2v) is 10.6. The first-order valence-electron chi connectivity index (χ1n) is 11.5. The highest BCUT2D eigenvalue weighted by atomic mass is 35.5. The van der Waals surface area contributed by atoms with Gasteiger partial charge in [-0.2, -0.15) is 0 Å². The highest BCUT2D eigenvalue weighted by Gasteiger charge is 2.42. The summed E-state index contributed by atoms with van der Waals surface area (Å²) in [6.07, 6.45) is 8.77. The van der Waals surface area contributed by atoms with E-state index < -0.39 is 0 Å². The number of carbonyl (C=O) groups excluding carboxylic acids is 1. The van der Waals surface area contributed by atoms with Crippen LogP contribution in [-0.2, 0) is 4.79 Å². The number of benzene rings is 1. The van der Waals surface area contributed by atoms with Crippen molar-refractivity contribution >= 4 is 29.3 Å². The third-order valence-corrected chi connectivity index (χ3v) is 8.55. The maximum absolute atomic E-state index is 12.8. The van der Waals surface area contributed by atoms with Crippen molar-refractivity contribution in [2.24, 2.45) is 17.8 Å². The number of nitrogens with zero attached hydrogens (tertiary/aromatic N) is 4. The van der Waals surface area contributed by atoms with Crippen molar-refractivity contribution in [1.82, 2.24) is 25.1 Å². The molecule has 33 heavy (non-hydrogen) atoms. The van der Waals surface area contributed by atoms with Gasteiger partial charge in [-0.25, -0.2) is 0 Å². The van der Waals surface area contributed by atoms with Gasteiger partial charge in [0.2, 0.25) is 5.91 Å². The molecule has 2 aromatic heterocycles. The van der Waals surface area contributed by atoms with E-state index in [1.54, 1.807) is 12.4 Å². The summed E-state index contributed by atoms with van der Waals surface area (Å²) in [4.78, 5) is 16.9. The number of nitrogens with one attached hydrogen (secondary N) is 1. The molecule has 1 amide bonds. The lowest BCUT2D eigenvalue weighted by molar-refractivity contribution is -0.119. The van der Waals surface area contributed by atoms with E-state index in [4.69, 9.17) is 11.6 Å². The summed E-state index contributed by atoms with van der Waals surface area (Å²) in [6, 6.07) is 9.80. The zero-order valence-electron chi connectivity index (χ0n) is 18.9. The first-order chi connectivity index (χ1) is 16.0. The van der Waals surface area contributed by atoms with E-state index in [1.165, 1.54) is 37.4 Å². The largest absolute Gasteiger partial charge is 0.353 e. The van der Waals surface area contributed by atoms with Crippen LogP contribution in [0.2, 0.25) is 5.02 Å². The van der Waals surface area contributed by atoms with Gasteiger partial charge in [-0.15, -0.1) is 10.2 Å². The topological polar surface area (TPSA) is 72.7 Å². The number of amides is 1. The van der Waals surface area contributed by atoms with Crippen LogP contribution >= 0.6 is 23.4 Å². The van der Waals surface area contributed by atoms with Gasteiger partial charge in [-0.05, 0) is 80.7 Å². The number of halogens is 1. The van der Waals surface area contributed by atoms with Crippen molar-refractivity contribution < 1.29 is 4.79 Å². The maximum Gasteiger partial charge on any atom is 0.230 e. The molecule has 0 radical (unpaired) electrons. The number of aromatic nitrogens is 4. The van der Waals surface area contributed by atoms with Crippen molar-refractivity contribution in [3.8, 4) is 17.1 Å². The Morgan fingerprint density at radius 3 is 2.76 bits per heavy atom. The molecule has 4 atom stereocenters. The molecule has 2 fully saturated rings. The van der Waals surface area contributed by atoms with Gasteiger partial charge < -0.3 is 5.32 Å². The molecular weight excluding hydrogens is 454 g/mol. The molecule has 5 rings (SSSR count). The summed E-state index contributed by atoms with van der Waals surface area (Å²) >= 11 is 7.82. The van der Waals surface area contributed by atoms with Gasteiger partial charge in [-0.1, -0.05) is 35.9 Å². The summed E-state index contributed by atoms with van der Waals surface area (Å²) in [6.45, 7) is 4.14. The highest BCUT2D eigenvalue weighted by molar-refractivity contribution is 7.99. The van der Waals surface area contributed by atoms with Crippen LogP contribution in [0.5, 0.6) is 0 Å². The van der Waals surface area contributed by atoms with E-state index in [0.717, 1.165) is 28.7 Å². The molecule has 1 aromatic carbocycles.